The van der Waals surface area contributed by atoms with Gasteiger partial charge in [0.25, 0.3) is 0 Å². The number of nitrogens with zero attached hydrogens (tertiary/aromatic N) is 1. The number of carbonyl (C=O) groups excluding carboxylic acids is 4. The molecule has 9 nitrogen and oxygen atoms in total. The molecule has 0 bridgehead atoms. The Hall–Kier alpha value is -3.10. The van der Waals surface area contributed by atoms with Crippen LogP contribution in [0.2, 0.25) is 0 Å². The molecule has 0 spiro atoms. The number of rotatable bonds is 9. The van der Waals surface area contributed by atoms with Crippen LogP contribution < -0.4 is 16.0 Å². The Bertz CT molecular complexity index is 960. The molecule has 0 aliphatic carbocycles. The van der Waals surface area contributed by atoms with Gasteiger partial charge in [0, 0.05) is 24.7 Å². The minimum absolute atomic E-state index is 0.167. The van der Waals surface area contributed by atoms with Crippen molar-refractivity contribution < 1.29 is 23.9 Å². The number of benzene rings is 1. The Kier molecular flexibility index (Phi) is 11.2. The predicted octanol–water partition coefficient (Wildman–Crippen LogP) is 4.43. The first-order valence-corrected chi connectivity index (χ1v) is 13.7. The number of likely N-dealkylation sites (tertiary alicyclic amines) is 1. The molecule has 1 heterocycles. The maximum atomic E-state index is 13.2. The summed E-state index contributed by atoms with van der Waals surface area (Å²) in [5, 5.41) is 8.38. The third-order valence-corrected chi connectivity index (χ3v) is 6.47. The van der Waals surface area contributed by atoms with Gasteiger partial charge in [0.15, 0.2) is 0 Å². The van der Waals surface area contributed by atoms with Gasteiger partial charge < -0.3 is 25.6 Å². The molecule has 2 atom stereocenters. The summed E-state index contributed by atoms with van der Waals surface area (Å²) in [6, 6.07) is 6.30. The largest absolute Gasteiger partial charge is 0.444 e. The quantitative estimate of drug-likeness (QED) is 0.437. The summed E-state index contributed by atoms with van der Waals surface area (Å²) in [4.78, 5) is 52.7. The van der Waals surface area contributed by atoms with E-state index in [1.54, 1.807) is 32.6 Å². The molecule has 0 saturated carbocycles. The van der Waals surface area contributed by atoms with Gasteiger partial charge in [-0.3, -0.25) is 14.4 Å². The third-order valence-electron chi connectivity index (χ3n) is 6.47. The third kappa shape index (κ3) is 9.99. The van der Waals surface area contributed by atoms with E-state index in [1.165, 1.54) is 5.56 Å². The minimum Gasteiger partial charge on any atom is -0.444 e. The van der Waals surface area contributed by atoms with E-state index in [1.807, 2.05) is 38.1 Å². The van der Waals surface area contributed by atoms with Gasteiger partial charge in [-0.05, 0) is 76.5 Å². The van der Waals surface area contributed by atoms with E-state index in [4.69, 9.17) is 4.74 Å². The molecule has 0 unspecified atom stereocenters. The van der Waals surface area contributed by atoms with Gasteiger partial charge >= 0.3 is 6.09 Å². The summed E-state index contributed by atoms with van der Waals surface area (Å²) < 4.78 is 5.34. The number of alkyl carbamates (subject to hydrolysis) is 1. The standard InChI is InChI=1S/C29H46N4O5/c1-18(2)17-24(32-28(37)38-29(6,7)8)27(36)33-15-13-22(14-16-33)26(35)30-20(5)25(34)31-23-11-9-21(10-12-23)19(3)4/h9-12,18-20,22,24H,13-17H2,1-8H3,(H,30,35)(H,31,34)(H,32,37)/t20-,24-/m0/s1. The Morgan fingerprint density at radius 2 is 1.53 bits per heavy atom. The lowest BCUT2D eigenvalue weighted by molar-refractivity contribution is -0.138. The lowest BCUT2D eigenvalue weighted by Crippen LogP contribution is -2.53. The van der Waals surface area contributed by atoms with Crippen molar-refractivity contribution in [2.75, 3.05) is 18.4 Å². The van der Waals surface area contributed by atoms with Gasteiger partial charge in [0.2, 0.25) is 17.7 Å². The topological polar surface area (TPSA) is 117 Å². The molecule has 3 N–H and O–H groups in total. The molecule has 1 saturated heterocycles. The SMILES string of the molecule is CC(C)C[C@H](NC(=O)OC(C)(C)C)C(=O)N1CCC(C(=O)N[C@@H](C)C(=O)Nc2ccc(C(C)C)cc2)CC1. The molecule has 0 aromatic heterocycles. The molecule has 9 heteroatoms. The Morgan fingerprint density at radius 1 is 0.947 bits per heavy atom. The molecule has 2 rings (SSSR count). The van der Waals surface area contributed by atoms with Gasteiger partial charge in [0.1, 0.15) is 17.7 Å². The summed E-state index contributed by atoms with van der Waals surface area (Å²) in [5.41, 5.74) is 1.21. The molecule has 0 radical (unpaired) electrons. The lowest BCUT2D eigenvalue weighted by atomic mass is 9.94. The molecule has 212 valence electrons. The summed E-state index contributed by atoms with van der Waals surface area (Å²) >= 11 is 0. The number of hydrogen-bond acceptors (Lipinski definition) is 5. The van der Waals surface area contributed by atoms with Crippen molar-refractivity contribution in [3.63, 3.8) is 0 Å². The maximum absolute atomic E-state index is 13.2. The van der Waals surface area contributed by atoms with Crippen LogP contribution in [0, 0.1) is 11.8 Å². The molecule has 1 aliphatic rings. The van der Waals surface area contributed by atoms with Gasteiger partial charge in [-0.2, -0.15) is 0 Å². The van der Waals surface area contributed by atoms with Crippen LogP contribution in [0.4, 0.5) is 10.5 Å². The van der Waals surface area contributed by atoms with Gasteiger partial charge in [0.05, 0.1) is 0 Å². The van der Waals surface area contributed by atoms with Gasteiger partial charge in [-0.25, -0.2) is 4.79 Å². The normalized spacial score (nSPS) is 16.1. The summed E-state index contributed by atoms with van der Waals surface area (Å²) in [6.07, 6.45) is 0.854. The molecular formula is C29H46N4O5. The number of carbonyl (C=O) groups is 4. The zero-order valence-corrected chi connectivity index (χ0v) is 24.2. The zero-order chi connectivity index (χ0) is 28.6. The summed E-state index contributed by atoms with van der Waals surface area (Å²) in [7, 11) is 0. The number of ether oxygens (including phenoxy) is 1. The number of anilines is 1. The van der Waals surface area contributed by atoms with E-state index in [2.05, 4.69) is 29.8 Å². The van der Waals surface area contributed by atoms with Gasteiger partial charge in [-0.15, -0.1) is 0 Å². The fourth-order valence-corrected chi connectivity index (χ4v) is 4.32. The molecule has 38 heavy (non-hydrogen) atoms. The van der Waals surface area contributed by atoms with Crippen molar-refractivity contribution in [2.24, 2.45) is 11.8 Å². The van der Waals surface area contributed by atoms with Crippen LogP contribution in [0.15, 0.2) is 24.3 Å². The van der Waals surface area contributed by atoms with Crippen molar-refractivity contribution in [2.45, 2.75) is 98.3 Å². The van der Waals surface area contributed by atoms with E-state index in [0.29, 0.717) is 44.0 Å². The zero-order valence-electron chi connectivity index (χ0n) is 24.2. The first-order chi connectivity index (χ1) is 17.7. The fraction of sp³-hybridized carbons (Fsp3) is 0.655. The average molecular weight is 531 g/mol. The van der Waals surface area contributed by atoms with E-state index >= 15 is 0 Å². The number of piperidine rings is 1. The first kappa shape index (κ1) is 31.1. The van der Waals surface area contributed by atoms with Crippen molar-refractivity contribution >= 4 is 29.5 Å². The minimum atomic E-state index is -0.694. The second kappa shape index (κ2) is 13.6. The van der Waals surface area contributed by atoms with Crippen molar-refractivity contribution in [1.82, 2.24) is 15.5 Å². The second-order valence-electron chi connectivity index (χ2n) is 11.9. The number of amides is 4. The van der Waals surface area contributed by atoms with Crippen molar-refractivity contribution in [3.05, 3.63) is 29.8 Å². The maximum Gasteiger partial charge on any atom is 0.408 e. The predicted molar refractivity (Wildman–Crippen MR) is 149 cm³/mol. The van der Waals surface area contributed by atoms with Crippen LogP contribution in [0.3, 0.4) is 0 Å². The highest BCUT2D eigenvalue weighted by molar-refractivity contribution is 5.97. The first-order valence-electron chi connectivity index (χ1n) is 13.7. The molecule has 1 aliphatic heterocycles. The van der Waals surface area contributed by atoms with Gasteiger partial charge in [-0.1, -0.05) is 39.8 Å². The number of hydrogen-bond donors (Lipinski definition) is 3. The molecule has 1 fully saturated rings. The summed E-state index contributed by atoms with van der Waals surface area (Å²) in [6.45, 7) is 16.0. The van der Waals surface area contributed by atoms with Crippen LogP contribution in [0.5, 0.6) is 0 Å². The Morgan fingerprint density at radius 3 is 2.03 bits per heavy atom. The van der Waals surface area contributed by atoms with Crippen LogP contribution in [0.1, 0.15) is 86.1 Å². The molecule has 1 aromatic rings. The van der Waals surface area contributed by atoms with E-state index in [-0.39, 0.29) is 29.6 Å². The second-order valence-corrected chi connectivity index (χ2v) is 11.9. The van der Waals surface area contributed by atoms with E-state index in [9.17, 15) is 19.2 Å². The monoisotopic (exact) mass is 530 g/mol. The molecule has 1 aromatic carbocycles. The van der Waals surface area contributed by atoms with E-state index < -0.39 is 23.8 Å². The highest BCUT2D eigenvalue weighted by Crippen LogP contribution is 2.21. The van der Waals surface area contributed by atoms with Crippen molar-refractivity contribution in [1.29, 1.82) is 0 Å². The lowest BCUT2D eigenvalue weighted by Gasteiger charge is -2.34. The molecule has 4 amide bonds. The smallest absolute Gasteiger partial charge is 0.408 e. The van der Waals surface area contributed by atoms with Crippen molar-refractivity contribution in [3.8, 4) is 0 Å². The van der Waals surface area contributed by atoms with E-state index in [0.717, 1.165) is 0 Å². The van der Waals surface area contributed by atoms with Crippen LogP contribution in [-0.4, -0.2) is 59.5 Å². The molecular weight excluding hydrogens is 484 g/mol. The average Bonchev–Trinajstić information content (AvgIpc) is 2.82. The van der Waals surface area contributed by atoms with Crippen LogP contribution in [0.25, 0.3) is 0 Å². The highest BCUT2D eigenvalue weighted by atomic mass is 16.6. The highest BCUT2D eigenvalue weighted by Gasteiger charge is 2.33. The van der Waals surface area contributed by atoms with Crippen LogP contribution >= 0.6 is 0 Å². The Balaban J connectivity index is 1.87. The van der Waals surface area contributed by atoms with Crippen LogP contribution in [-0.2, 0) is 19.1 Å². The Labute approximate surface area is 227 Å². The summed E-state index contributed by atoms with van der Waals surface area (Å²) in [5.74, 6) is -0.333. The fourth-order valence-electron chi connectivity index (χ4n) is 4.32. The number of nitrogens with one attached hydrogen (secondary N) is 3.